The van der Waals surface area contributed by atoms with Crippen molar-refractivity contribution in [2.75, 3.05) is 9.80 Å². The molecule has 0 saturated heterocycles. The van der Waals surface area contributed by atoms with Gasteiger partial charge in [0.1, 0.15) is 55.8 Å². The topological polar surface area (TPSA) is 43.4 Å². The second kappa shape index (κ2) is 13.5. The standard InChI is InChI=1S/C55H31B3F10N2O4S2/c1-30-20-49-54-50(21-30)73-47-28-41-37(26-39(47)56(54)35-16-8-10-18-45(35)71-49)58-38-27-40-48(74-52-25-34(76(64,65,66,67)68)24-51-55(52)57(40)36-17-9-11-19-46(36)72-51)29-42(38)70(32-14-6-3-7-15-32)44-23-33(75(59,60,61,62)63)22-43(53(44)58)69(41)31-12-4-2-5-13-31/h2-29H,1H3. The third-order valence-corrected chi connectivity index (χ3v) is 17.3. The van der Waals surface area contributed by atoms with Crippen LogP contribution < -0.4 is 77.9 Å². The minimum absolute atomic E-state index is 0.0440. The molecule has 9 aromatic carbocycles. The quantitative estimate of drug-likeness (QED) is 0.129. The molecule has 0 radical (unpaired) electrons. The van der Waals surface area contributed by atoms with E-state index < -0.39 is 61.9 Å². The molecule has 6 heterocycles. The Morgan fingerprint density at radius 2 is 0.671 bits per heavy atom. The fraction of sp³-hybridized carbons (Fsp3) is 0.0182. The van der Waals surface area contributed by atoms with Gasteiger partial charge in [0.25, 0.3) is 20.1 Å². The van der Waals surface area contributed by atoms with Crippen molar-refractivity contribution in [3.63, 3.8) is 0 Å². The molecule has 6 aliphatic heterocycles. The van der Waals surface area contributed by atoms with E-state index >= 15 is 19.4 Å². The predicted molar refractivity (Wildman–Crippen MR) is 283 cm³/mol. The van der Waals surface area contributed by atoms with Gasteiger partial charge < -0.3 is 28.7 Å². The van der Waals surface area contributed by atoms with Crippen molar-refractivity contribution in [3.05, 3.63) is 175 Å². The van der Waals surface area contributed by atoms with Crippen LogP contribution in [0.15, 0.2) is 180 Å². The summed E-state index contributed by atoms with van der Waals surface area (Å²) < 4.78 is 178. The zero-order chi connectivity index (χ0) is 52.3. The SMILES string of the molecule is Cc1cc2c3c(c1)Oc1cc4c(cc1B3c1ccccc1O2)B1c2cc3c(cc2N(c2ccccc2)c2cc(S(F)(F)(F)(F)F)cc(c21)N4c1ccccc1)Oc1cc(S(F)(F)(F)(F)F)cc2c1B3c1ccccc1O2. The number of anilines is 6. The Kier molecular flexibility index (Phi) is 8.06. The van der Waals surface area contributed by atoms with Gasteiger partial charge in [0.05, 0.1) is 0 Å². The summed E-state index contributed by atoms with van der Waals surface area (Å²) in [6, 6.07) is 42.7. The third-order valence-electron chi connectivity index (χ3n) is 15.1. The van der Waals surface area contributed by atoms with Crippen LogP contribution in [-0.4, -0.2) is 20.1 Å². The van der Waals surface area contributed by atoms with E-state index in [2.05, 4.69) is 0 Å². The molecule has 15 rings (SSSR count). The smallest absolute Gasteiger partial charge is 0.310 e. The third kappa shape index (κ3) is 6.57. The van der Waals surface area contributed by atoms with E-state index in [1.165, 1.54) is 17.0 Å². The van der Waals surface area contributed by atoms with E-state index in [1.54, 1.807) is 95.9 Å². The van der Waals surface area contributed by atoms with Crippen molar-refractivity contribution in [3.8, 4) is 46.0 Å². The van der Waals surface area contributed by atoms with Crippen molar-refractivity contribution in [1.29, 1.82) is 0 Å². The van der Waals surface area contributed by atoms with Crippen molar-refractivity contribution < 1.29 is 57.8 Å². The molecule has 6 aliphatic rings. The normalized spacial score (nSPS) is 16.5. The van der Waals surface area contributed by atoms with Gasteiger partial charge in [-0.05, 0) is 111 Å². The van der Waals surface area contributed by atoms with Crippen LogP contribution in [0.5, 0.6) is 46.0 Å². The summed E-state index contributed by atoms with van der Waals surface area (Å²) in [5.41, 5.74) is 5.70. The molecular formula is C55H31B3F10N2O4S2. The first-order valence-corrected chi connectivity index (χ1v) is 27.7. The van der Waals surface area contributed by atoms with Crippen LogP contribution in [0.1, 0.15) is 5.56 Å². The highest BCUT2D eigenvalue weighted by Gasteiger charge is 2.67. The number of halogens is 10. The fourth-order valence-electron chi connectivity index (χ4n) is 12.1. The average Bonchev–Trinajstić information content (AvgIpc) is 3.42. The molecule has 0 atom stereocenters. The maximum absolute atomic E-state index is 15.8. The van der Waals surface area contributed by atoms with Crippen LogP contribution in [0, 0.1) is 6.92 Å². The van der Waals surface area contributed by atoms with Gasteiger partial charge in [-0.3, -0.25) is 0 Å². The molecule has 6 nitrogen and oxygen atoms in total. The van der Waals surface area contributed by atoms with Crippen molar-refractivity contribution in [2.24, 2.45) is 0 Å². The average molecular weight is 1070 g/mol. The Bertz CT molecular complexity index is 4170. The number of aryl methyl sites for hydroxylation is 1. The number of hydrogen-bond donors (Lipinski definition) is 0. The molecule has 376 valence electrons. The molecule has 9 aromatic rings. The van der Waals surface area contributed by atoms with E-state index in [-0.39, 0.29) is 57.3 Å². The van der Waals surface area contributed by atoms with E-state index in [1.807, 2.05) is 49.4 Å². The fourth-order valence-corrected chi connectivity index (χ4v) is 13.4. The van der Waals surface area contributed by atoms with Crippen LogP contribution in [0.25, 0.3) is 0 Å². The Labute approximate surface area is 427 Å². The number of fused-ring (bicyclic) bond motifs is 12. The summed E-state index contributed by atoms with van der Waals surface area (Å²) in [5.74, 6) is 0.904. The van der Waals surface area contributed by atoms with Crippen LogP contribution in [0.2, 0.25) is 0 Å². The summed E-state index contributed by atoms with van der Waals surface area (Å²) >= 11 is 0. The van der Waals surface area contributed by atoms with Crippen molar-refractivity contribution in [1.82, 2.24) is 0 Å². The summed E-state index contributed by atoms with van der Waals surface area (Å²) in [7, 11) is -21.0. The molecule has 0 aromatic heterocycles. The number of rotatable bonds is 4. The van der Waals surface area contributed by atoms with Gasteiger partial charge in [0, 0.05) is 69.3 Å². The number of para-hydroxylation sites is 4. The first-order chi connectivity index (χ1) is 35.8. The van der Waals surface area contributed by atoms with Crippen LogP contribution in [0.3, 0.4) is 0 Å². The van der Waals surface area contributed by atoms with Gasteiger partial charge in [-0.15, -0.1) is 0 Å². The van der Waals surface area contributed by atoms with E-state index in [4.69, 9.17) is 18.9 Å². The summed E-state index contributed by atoms with van der Waals surface area (Å²) in [6.45, 7) is -0.643. The van der Waals surface area contributed by atoms with Crippen LogP contribution in [0.4, 0.5) is 73.0 Å². The van der Waals surface area contributed by atoms with Gasteiger partial charge in [-0.2, -0.15) is 0 Å². The Hall–Kier alpha value is -8.03. The van der Waals surface area contributed by atoms with Crippen LogP contribution in [-0.2, 0) is 0 Å². The molecule has 0 aliphatic carbocycles. The van der Waals surface area contributed by atoms with Gasteiger partial charge in [-0.25, -0.2) is 0 Å². The largest absolute Gasteiger partial charge is 0.458 e. The van der Waals surface area contributed by atoms with Gasteiger partial charge in [0.15, 0.2) is 0 Å². The first-order valence-electron chi connectivity index (χ1n) is 23.8. The molecule has 0 bridgehead atoms. The molecule has 21 heteroatoms. The summed E-state index contributed by atoms with van der Waals surface area (Å²) in [4.78, 5) is -1.49. The van der Waals surface area contributed by atoms with Crippen molar-refractivity contribution >= 4 is 124 Å². The molecular weight excluding hydrogens is 1040 g/mol. The number of benzene rings is 9. The lowest BCUT2D eigenvalue weighted by atomic mass is 9.29. The second-order valence-corrected chi connectivity index (χ2v) is 24.7. The highest BCUT2D eigenvalue weighted by atomic mass is 32.5. The number of hydrogen-bond acceptors (Lipinski definition) is 6. The van der Waals surface area contributed by atoms with Gasteiger partial charge in [0.2, 0.25) is 0 Å². The Morgan fingerprint density at radius 1 is 0.316 bits per heavy atom. The van der Waals surface area contributed by atoms with E-state index in [0.29, 0.717) is 73.8 Å². The lowest BCUT2D eigenvalue weighted by Crippen LogP contribution is -2.65. The maximum atomic E-state index is 15.8. The minimum atomic E-state index is -10.6. The van der Waals surface area contributed by atoms with Crippen LogP contribution >= 0.6 is 20.4 Å². The zero-order valence-corrected chi connectivity index (χ0v) is 40.7. The van der Waals surface area contributed by atoms with E-state index in [0.717, 1.165) is 16.5 Å². The summed E-state index contributed by atoms with van der Waals surface area (Å²) in [6.07, 6.45) is 0. The second-order valence-electron chi connectivity index (χ2n) is 19.8. The Morgan fingerprint density at radius 3 is 1.09 bits per heavy atom. The molecule has 0 spiro atoms. The molecule has 0 unspecified atom stereocenters. The highest BCUT2D eigenvalue weighted by molar-refractivity contribution is 8.46. The molecule has 0 saturated carbocycles. The van der Waals surface area contributed by atoms with Gasteiger partial charge in [-0.1, -0.05) is 124 Å². The number of nitrogens with zero attached hydrogens (tertiary/aromatic N) is 2. The highest BCUT2D eigenvalue weighted by Crippen LogP contribution is 3.03. The maximum Gasteiger partial charge on any atom is 0.310 e. The van der Waals surface area contributed by atoms with Crippen molar-refractivity contribution in [2.45, 2.75) is 16.7 Å². The van der Waals surface area contributed by atoms with Gasteiger partial charge >= 0.3 is 20.4 Å². The molecule has 76 heavy (non-hydrogen) atoms. The first kappa shape index (κ1) is 45.4. The lowest BCUT2D eigenvalue weighted by Gasteiger charge is -2.48. The molecule has 0 amide bonds. The zero-order valence-electron chi connectivity index (χ0n) is 39.0. The number of ether oxygens (including phenoxy) is 4. The lowest BCUT2D eigenvalue weighted by molar-refractivity contribution is 0.359. The summed E-state index contributed by atoms with van der Waals surface area (Å²) in [5, 5.41) is 0. The molecule has 0 N–H and O–H groups in total. The minimum Gasteiger partial charge on any atom is -0.458 e. The van der Waals surface area contributed by atoms with E-state index in [9.17, 15) is 19.4 Å². The predicted octanol–water partition coefficient (Wildman–Crippen LogP) is 12.8. The Balaban J connectivity index is 1.07. The monoisotopic (exact) mass is 1070 g/mol. The molecule has 0 fully saturated rings.